The lowest BCUT2D eigenvalue weighted by atomic mass is 10.0. The molecule has 0 aliphatic carbocycles. The summed E-state index contributed by atoms with van der Waals surface area (Å²) < 4.78 is 26.4. The van der Waals surface area contributed by atoms with Gasteiger partial charge in [0.25, 0.3) is 0 Å². The molecule has 1 rings (SSSR count). The first-order chi connectivity index (χ1) is 7.20. The quantitative estimate of drug-likeness (QED) is 0.737. The molecule has 1 N–H and O–H groups in total. The molecule has 3 heteroatoms. The molecule has 0 fully saturated rings. The van der Waals surface area contributed by atoms with Crippen molar-refractivity contribution in [3.05, 3.63) is 48.1 Å². The number of hydrogen-bond donors (Lipinski definition) is 1. The lowest BCUT2D eigenvalue weighted by Gasteiger charge is -2.17. The number of rotatable bonds is 5. The smallest absolute Gasteiger partial charge is 0.163 e. The van der Waals surface area contributed by atoms with Crippen molar-refractivity contribution >= 4 is 0 Å². The van der Waals surface area contributed by atoms with Crippen molar-refractivity contribution in [2.45, 2.75) is 19.4 Å². The van der Waals surface area contributed by atoms with E-state index in [0.717, 1.165) is 6.07 Å². The molecule has 0 heterocycles. The van der Waals surface area contributed by atoms with Gasteiger partial charge < -0.3 is 5.32 Å². The monoisotopic (exact) mass is 211 g/mol. The minimum atomic E-state index is -0.806. The molecule has 0 aliphatic rings. The number of hydrogen-bond acceptors (Lipinski definition) is 1. The highest BCUT2D eigenvalue weighted by molar-refractivity contribution is 5.23. The molecule has 0 saturated carbocycles. The molecule has 0 amide bonds. The first kappa shape index (κ1) is 11.9. The summed E-state index contributed by atoms with van der Waals surface area (Å²) in [5.41, 5.74) is 0.358. The fourth-order valence-corrected chi connectivity index (χ4v) is 1.52. The summed E-state index contributed by atoms with van der Waals surface area (Å²) in [5.74, 6) is -1.58. The van der Waals surface area contributed by atoms with Crippen LogP contribution in [0.4, 0.5) is 8.78 Å². The Hall–Kier alpha value is -1.22. The summed E-state index contributed by atoms with van der Waals surface area (Å²) in [6, 6.07) is 4.02. The van der Waals surface area contributed by atoms with Crippen LogP contribution in [0, 0.1) is 11.6 Å². The van der Waals surface area contributed by atoms with Gasteiger partial charge in [-0.2, -0.15) is 0 Å². The topological polar surface area (TPSA) is 12.0 Å². The zero-order valence-electron chi connectivity index (χ0n) is 8.76. The molecule has 0 saturated heterocycles. The molecular weight excluding hydrogens is 196 g/mol. The summed E-state index contributed by atoms with van der Waals surface area (Å²) in [4.78, 5) is 0. The van der Waals surface area contributed by atoms with E-state index in [-0.39, 0.29) is 6.04 Å². The molecule has 1 unspecified atom stereocenters. The number of nitrogens with one attached hydrogen (secondary N) is 1. The van der Waals surface area contributed by atoms with Crippen molar-refractivity contribution in [3.63, 3.8) is 0 Å². The SMILES string of the molecule is C=CCC(NCC)c1cccc(F)c1F. The van der Waals surface area contributed by atoms with Gasteiger partial charge in [0.2, 0.25) is 0 Å². The van der Waals surface area contributed by atoms with Crippen LogP contribution in [0.15, 0.2) is 30.9 Å². The highest BCUT2D eigenvalue weighted by atomic mass is 19.2. The molecule has 15 heavy (non-hydrogen) atoms. The van der Waals surface area contributed by atoms with Gasteiger partial charge in [-0.05, 0) is 19.0 Å². The predicted octanol–water partition coefficient (Wildman–Crippen LogP) is 3.19. The Morgan fingerprint density at radius 2 is 2.20 bits per heavy atom. The maximum absolute atomic E-state index is 13.4. The van der Waals surface area contributed by atoms with E-state index in [1.807, 2.05) is 6.92 Å². The normalized spacial score (nSPS) is 12.5. The van der Waals surface area contributed by atoms with E-state index in [2.05, 4.69) is 11.9 Å². The predicted molar refractivity (Wildman–Crippen MR) is 57.6 cm³/mol. The van der Waals surface area contributed by atoms with E-state index >= 15 is 0 Å². The summed E-state index contributed by atoms with van der Waals surface area (Å²) in [7, 11) is 0. The van der Waals surface area contributed by atoms with Crippen molar-refractivity contribution in [2.24, 2.45) is 0 Å². The van der Waals surface area contributed by atoms with Crippen molar-refractivity contribution in [1.82, 2.24) is 5.32 Å². The van der Waals surface area contributed by atoms with Crippen LogP contribution in [-0.4, -0.2) is 6.54 Å². The Balaban J connectivity index is 2.99. The van der Waals surface area contributed by atoms with Gasteiger partial charge >= 0.3 is 0 Å². The van der Waals surface area contributed by atoms with Gasteiger partial charge in [-0.25, -0.2) is 8.78 Å². The Kier molecular flexibility index (Phi) is 4.43. The third-order valence-corrected chi connectivity index (χ3v) is 2.21. The molecule has 0 aliphatic heterocycles. The average Bonchev–Trinajstić information content (AvgIpc) is 2.22. The molecule has 82 valence electrons. The van der Waals surface area contributed by atoms with Crippen molar-refractivity contribution in [1.29, 1.82) is 0 Å². The van der Waals surface area contributed by atoms with E-state index in [4.69, 9.17) is 0 Å². The Morgan fingerprint density at radius 3 is 2.80 bits per heavy atom. The van der Waals surface area contributed by atoms with Gasteiger partial charge in [0.1, 0.15) is 0 Å². The van der Waals surface area contributed by atoms with E-state index in [9.17, 15) is 8.78 Å². The van der Waals surface area contributed by atoms with E-state index in [1.54, 1.807) is 12.1 Å². The zero-order valence-corrected chi connectivity index (χ0v) is 8.76. The van der Waals surface area contributed by atoms with Crippen LogP contribution in [0.1, 0.15) is 24.9 Å². The highest BCUT2D eigenvalue weighted by Crippen LogP contribution is 2.22. The highest BCUT2D eigenvalue weighted by Gasteiger charge is 2.15. The van der Waals surface area contributed by atoms with Crippen LogP contribution in [0.2, 0.25) is 0 Å². The van der Waals surface area contributed by atoms with Crippen molar-refractivity contribution < 1.29 is 8.78 Å². The van der Waals surface area contributed by atoms with Gasteiger partial charge in [0, 0.05) is 11.6 Å². The Bertz CT molecular complexity index is 336. The molecule has 0 aromatic heterocycles. The molecule has 0 spiro atoms. The summed E-state index contributed by atoms with van der Waals surface area (Å²) in [5, 5.41) is 3.09. The lowest BCUT2D eigenvalue weighted by Crippen LogP contribution is -2.21. The molecule has 0 radical (unpaired) electrons. The number of halogens is 2. The molecule has 1 atom stereocenters. The van der Waals surface area contributed by atoms with Crippen LogP contribution >= 0.6 is 0 Å². The van der Waals surface area contributed by atoms with Crippen molar-refractivity contribution in [3.8, 4) is 0 Å². The Labute approximate surface area is 88.8 Å². The molecular formula is C12H15F2N. The largest absolute Gasteiger partial charge is 0.310 e. The maximum Gasteiger partial charge on any atom is 0.163 e. The van der Waals surface area contributed by atoms with Crippen LogP contribution in [0.3, 0.4) is 0 Å². The van der Waals surface area contributed by atoms with Gasteiger partial charge in [0.05, 0.1) is 0 Å². The van der Waals surface area contributed by atoms with E-state index in [0.29, 0.717) is 18.5 Å². The summed E-state index contributed by atoms with van der Waals surface area (Å²) in [6.45, 7) is 6.23. The summed E-state index contributed by atoms with van der Waals surface area (Å²) in [6.07, 6.45) is 2.27. The van der Waals surface area contributed by atoms with Gasteiger partial charge in [-0.15, -0.1) is 6.58 Å². The zero-order chi connectivity index (χ0) is 11.3. The second kappa shape index (κ2) is 5.61. The van der Waals surface area contributed by atoms with Crippen LogP contribution in [0.5, 0.6) is 0 Å². The number of benzene rings is 1. The summed E-state index contributed by atoms with van der Waals surface area (Å²) >= 11 is 0. The van der Waals surface area contributed by atoms with E-state index < -0.39 is 11.6 Å². The van der Waals surface area contributed by atoms with Crippen LogP contribution in [0.25, 0.3) is 0 Å². The molecule has 1 aromatic rings. The fraction of sp³-hybridized carbons (Fsp3) is 0.333. The maximum atomic E-state index is 13.4. The van der Waals surface area contributed by atoms with Gasteiger partial charge in [-0.3, -0.25) is 0 Å². The second-order valence-corrected chi connectivity index (χ2v) is 3.28. The third-order valence-electron chi connectivity index (χ3n) is 2.21. The standard InChI is InChI=1S/C12H15F2N/c1-3-6-11(15-4-2)9-7-5-8-10(13)12(9)14/h3,5,7-8,11,15H,1,4,6H2,2H3. The first-order valence-corrected chi connectivity index (χ1v) is 4.98. The van der Waals surface area contributed by atoms with Crippen LogP contribution in [-0.2, 0) is 0 Å². The average molecular weight is 211 g/mol. The molecule has 1 aromatic carbocycles. The van der Waals surface area contributed by atoms with E-state index in [1.165, 1.54) is 6.07 Å². The minimum Gasteiger partial charge on any atom is -0.310 e. The van der Waals surface area contributed by atoms with Gasteiger partial charge in [-0.1, -0.05) is 25.1 Å². The Morgan fingerprint density at radius 1 is 1.47 bits per heavy atom. The first-order valence-electron chi connectivity index (χ1n) is 4.98. The fourth-order valence-electron chi connectivity index (χ4n) is 1.52. The van der Waals surface area contributed by atoms with Crippen LogP contribution < -0.4 is 5.32 Å². The molecule has 1 nitrogen and oxygen atoms in total. The lowest BCUT2D eigenvalue weighted by molar-refractivity contribution is 0.467. The van der Waals surface area contributed by atoms with Crippen molar-refractivity contribution in [2.75, 3.05) is 6.54 Å². The minimum absolute atomic E-state index is 0.205. The van der Waals surface area contributed by atoms with Gasteiger partial charge in [0.15, 0.2) is 11.6 Å². The molecule has 0 bridgehead atoms. The second-order valence-electron chi connectivity index (χ2n) is 3.28. The third kappa shape index (κ3) is 2.86.